The molecule has 0 radical (unpaired) electrons. The number of hydrogen-bond acceptors (Lipinski definition) is 3. The number of fused-ring (bicyclic) bond motifs is 1. The van der Waals surface area contributed by atoms with Crippen LogP contribution in [0.1, 0.15) is 38.2 Å². The predicted octanol–water partition coefficient (Wildman–Crippen LogP) is 3.30. The van der Waals surface area contributed by atoms with Gasteiger partial charge >= 0.3 is 0 Å². The third-order valence-electron chi connectivity index (χ3n) is 5.48. The summed E-state index contributed by atoms with van der Waals surface area (Å²) in [5, 5.41) is 3.49. The molecular formula is C21H33N3O2. The van der Waals surface area contributed by atoms with Gasteiger partial charge in [0, 0.05) is 26.7 Å². The average molecular weight is 360 g/mol. The van der Waals surface area contributed by atoms with Crippen LogP contribution >= 0.6 is 0 Å². The largest absolute Gasteiger partial charge is 0.491 e. The molecule has 1 aliphatic carbocycles. The lowest BCUT2D eigenvalue weighted by atomic mass is 9.82. The molecule has 1 aromatic rings. The summed E-state index contributed by atoms with van der Waals surface area (Å²) in [6.45, 7) is 7.23. The second-order valence-electron chi connectivity index (χ2n) is 7.37. The Balaban J connectivity index is 1.61. The van der Waals surface area contributed by atoms with Crippen LogP contribution in [0.15, 0.2) is 29.3 Å². The summed E-state index contributed by atoms with van der Waals surface area (Å²) in [5.41, 5.74) is 1.17. The number of likely N-dealkylation sites (tertiary alicyclic amines) is 1. The minimum Gasteiger partial charge on any atom is -0.491 e. The zero-order valence-corrected chi connectivity index (χ0v) is 16.2. The average Bonchev–Trinajstić information content (AvgIpc) is 3.10. The van der Waals surface area contributed by atoms with E-state index in [1.165, 1.54) is 31.2 Å². The highest BCUT2D eigenvalue weighted by Crippen LogP contribution is 2.36. The minimum absolute atomic E-state index is 0.572. The van der Waals surface area contributed by atoms with E-state index in [1.54, 1.807) is 7.11 Å². The van der Waals surface area contributed by atoms with Crippen LogP contribution in [0.5, 0.6) is 5.75 Å². The lowest BCUT2D eigenvalue weighted by molar-refractivity contribution is 0.146. The molecule has 1 aromatic carbocycles. The molecule has 0 bridgehead atoms. The van der Waals surface area contributed by atoms with E-state index in [2.05, 4.69) is 29.3 Å². The molecule has 0 amide bonds. The summed E-state index contributed by atoms with van der Waals surface area (Å²) >= 11 is 0. The van der Waals surface area contributed by atoms with Gasteiger partial charge in [-0.15, -0.1) is 0 Å². The van der Waals surface area contributed by atoms with Crippen LogP contribution in [0.3, 0.4) is 0 Å². The van der Waals surface area contributed by atoms with Gasteiger partial charge in [0.05, 0.1) is 13.2 Å². The van der Waals surface area contributed by atoms with Gasteiger partial charge in [0.1, 0.15) is 12.4 Å². The summed E-state index contributed by atoms with van der Waals surface area (Å²) in [7, 11) is 1.69. The van der Waals surface area contributed by atoms with Crippen molar-refractivity contribution in [3.05, 3.63) is 29.8 Å². The number of rotatable bonds is 7. The molecule has 0 aromatic heterocycles. The molecule has 3 rings (SSSR count). The molecule has 2 unspecified atom stereocenters. The summed E-state index contributed by atoms with van der Waals surface area (Å²) in [5.74, 6) is 3.68. The molecule has 1 N–H and O–H groups in total. The van der Waals surface area contributed by atoms with Gasteiger partial charge in [0.2, 0.25) is 0 Å². The molecule has 2 aliphatic rings. The smallest absolute Gasteiger partial charge is 0.194 e. The van der Waals surface area contributed by atoms with Crippen LogP contribution in [0.4, 0.5) is 0 Å². The molecule has 0 spiro atoms. The Morgan fingerprint density at radius 3 is 2.65 bits per heavy atom. The lowest BCUT2D eigenvalue weighted by Crippen LogP contribution is -2.40. The monoisotopic (exact) mass is 359 g/mol. The van der Waals surface area contributed by atoms with Crippen molar-refractivity contribution in [2.24, 2.45) is 16.8 Å². The quantitative estimate of drug-likeness (QED) is 0.461. The maximum Gasteiger partial charge on any atom is 0.194 e. The molecular weight excluding hydrogens is 326 g/mol. The fraction of sp³-hybridized carbons (Fsp3) is 0.667. The predicted molar refractivity (Wildman–Crippen MR) is 106 cm³/mol. The molecule has 2 fully saturated rings. The van der Waals surface area contributed by atoms with Crippen LogP contribution in [-0.2, 0) is 11.3 Å². The first kappa shape index (κ1) is 19.0. The van der Waals surface area contributed by atoms with Crippen molar-refractivity contribution in [3.8, 4) is 5.75 Å². The second kappa shape index (κ2) is 9.81. The Hall–Kier alpha value is -1.75. The molecule has 144 valence electrons. The van der Waals surface area contributed by atoms with E-state index in [0.717, 1.165) is 43.2 Å². The number of nitrogens with zero attached hydrogens (tertiary/aromatic N) is 2. The van der Waals surface area contributed by atoms with Gasteiger partial charge in [-0.05, 0) is 49.3 Å². The van der Waals surface area contributed by atoms with Gasteiger partial charge in [-0.1, -0.05) is 25.0 Å². The second-order valence-corrected chi connectivity index (χ2v) is 7.37. The van der Waals surface area contributed by atoms with Gasteiger partial charge in [-0.2, -0.15) is 0 Å². The normalized spacial score (nSPS) is 23.0. The SMILES string of the molecule is CCNC(=NCc1cccc(OCCOC)c1)N1CC2CCCCC2C1. The Morgan fingerprint density at radius 2 is 1.96 bits per heavy atom. The highest BCUT2D eigenvalue weighted by Gasteiger charge is 2.35. The summed E-state index contributed by atoms with van der Waals surface area (Å²) in [6, 6.07) is 8.20. The number of aliphatic imine (C=N–C) groups is 1. The van der Waals surface area contributed by atoms with Crippen molar-refractivity contribution in [1.29, 1.82) is 0 Å². The minimum atomic E-state index is 0.572. The standard InChI is InChI=1S/C21H33N3O2/c1-3-22-21(24-15-18-8-4-5-9-19(18)16-24)23-14-17-7-6-10-20(13-17)26-12-11-25-2/h6-7,10,13,18-19H,3-5,8-9,11-12,14-16H2,1-2H3,(H,22,23). The van der Waals surface area contributed by atoms with Gasteiger partial charge in [0.15, 0.2) is 5.96 Å². The van der Waals surface area contributed by atoms with E-state index in [9.17, 15) is 0 Å². The fourth-order valence-corrected chi connectivity index (χ4v) is 4.15. The molecule has 1 aliphatic heterocycles. The van der Waals surface area contributed by atoms with Crippen molar-refractivity contribution >= 4 is 5.96 Å². The zero-order valence-electron chi connectivity index (χ0n) is 16.2. The number of benzene rings is 1. The first-order valence-electron chi connectivity index (χ1n) is 10.0. The first-order valence-corrected chi connectivity index (χ1v) is 10.0. The van der Waals surface area contributed by atoms with E-state index >= 15 is 0 Å². The molecule has 26 heavy (non-hydrogen) atoms. The number of guanidine groups is 1. The van der Waals surface area contributed by atoms with Crippen LogP contribution in [-0.4, -0.2) is 50.8 Å². The van der Waals surface area contributed by atoms with Crippen molar-refractivity contribution in [3.63, 3.8) is 0 Å². The van der Waals surface area contributed by atoms with E-state index in [1.807, 2.05) is 12.1 Å². The zero-order chi connectivity index (χ0) is 18.2. The molecule has 2 atom stereocenters. The maximum atomic E-state index is 5.71. The maximum absolute atomic E-state index is 5.71. The number of nitrogens with one attached hydrogen (secondary N) is 1. The molecule has 1 saturated carbocycles. The van der Waals surface area contributed by atoms with Crippen LogP contribution in [0.2, 0.25) is 0 Å². The van der Waals surface area contributed by atoms with Crippen LogP contribution in [0, 0.1) is 11.8 Å². The third-order valence-corrected chi connectivity index (χ3v) is 5.48. The number of hydrogen-bond donors (Lipinski definition) is 1. The van der Waals surface area contributed by atoms with E-state index in [-0.39, 0.29) is 0 Å². The lowest BCUT2D eigenvalue weighted by Gasteiger charge is -2.22. The molecule has 1 saturated heterocycles. The van der Waals surface area contributed by atoms with Crippen molar-refractivity contribution in [2.45, 2.75) is 39.2 Å². The first-order chi connectivity index (χ1) is 12.8. The van der Waals surface area contributed by atoms with Crippen molar-refractivity contribution in [1.82, 2.24) is 10.2 Å². The molecule has 5 nitrogen and oxygen atoms in total. The summed E-state index contributed by atoms with van der Waals surface area (Å²) in [6.07, 6.45) is 5.58. The van der Waals surface area contributed by atoms with Gasteiger partial charge in [-0.3, -0.25) is 0 Å². The number of methoxy groups -OCH3 is 1. The number of ether oxygens (including phenoxy) is 2. The molecule has 1 heterocycles. The van der Waals surface area contributed by atoms with E-state index in [0.29, 0.717) is 19.8 Å². The molecule has 5 heteroatoms. The van der Waals surface area contributed by atoms with Crippen LogP contribution < -0.4 is 10.1 Å². The van der Waals surface area contributed by atoms with Gasteiger partial charge in [0.25, 0.3) is 0 Å². The van der Waals surface area contributed by atoms with Gasteiger partial charge < -0.3 is 19.7 Å². The van der Waals surface area contributed by atoms with Gasteiger partial charge in [-0.25, -0.2) is 4.99 Å². The Kier molecular flexibility index (Phi) is 7.18. The van der Waals surface area contributed by atoms with Crippen molar-refractivity contribution < 1.29 is 9.47 Å². The van der Waals surface area contributed by atoms with E-state index < -0.39 is 0 Å². The highest BCUT2D eigenvalue weighted by molar-refractivity contribution is 5.80. The third kappa shape index (κ3) is 5.13. The Bertz CT molecular complexity index is 576. The topological polar surface area (TPSA) is 46.1 Å². The van der Waals surface area contributed by atoms with Crippen molar-refractivity contribution in [2.75, 3.05) is 40.0 Å². The fourth-order valence-electron chi connectivity index (χ4n) is 4.15. The van der Waals surface area contributed by atoms with E-state index in [4.69, 9.17) is 14.5 Å². The Labute approximate surface area is 157 Å². The summed E-state index contributed by atoms with van der Waals surface area (Å²) in [4.78, 5) is 7.39. The highest BCUT2D eigenvalue weighted by atomic mass is 16.5. The summed E-state index contributed by atoms with van der Waals surface area (Å²) < 4.78 is 10.7. The van der Waals surface area contributed by atoms with Crippen LogP contribution in [0.25, 0.3) is 0 Å². The Morgan fingerprint density at radius 1 is 1.19 bits per heavy atom.